The quantitative estimate of drug-likeness (QED) is 0.348. The molecule has 3 amide bonds. The van der Waals surface area contributed by atoms with E-state index in [0.29, 0.717) is 18.0 Å². The third kappa shape index (κ3) is 10.2. The fraction of sp³-hybridized carbons (Fsp3) is 0.600. The maximum absolute atomic E-state index is 14.3. The number of likely N-dealkylation sites (N-methyl/N-ethyl adjacent to an activating group) is 1. The lowest BCUT2D eigenvalue weighted by atomic mass is 9.96. The lowest BCUT2D eigenvalue weighted by Gasteiger charge is -2.35. The van der Waals surface area contributed by atoms with Crippen molar-refractivity contribution >= 4 is 27.6 Å². The third-order valence-corrected chi connectivity index (χ3v) is 11.0. The molecule has 2 aliphatic rings. The van der Waals surface area contributed by atoms with Crippen molar-refractivity contribution in [3.63, 3.8) is 0 Å². The summed E-state index contributed by atoms with van der Waals surface area (Å²) in [5.74, 6) is -0.254. The molecule has 2 aromatic carbocycles. The average Bonchev–Trinajstić information content (AvgIpc) is 3.06. The average molecular weight is 673 g/mol. The van der Waals surface area contributed by atoms with Gasteiger partial charge < -0.3 is 30.1 Å². The number of nitrogens with zero attached hydrogens (tertiary/aromatic N) is 2. The van der Waals surface area contributed by atoms with Gasteiger partial charge in [0.05, 0.1) is 35.3 Å². The van der Waals surface area contributed by atoms with Crippen LogP contribution in [0.1, 0.15) is 82.5 Å². The Balaban J connectivity index is 1.60. The Morgan fingerprint density at radius 2 is 1.74 bits per heavy atom. The van der Waals surface area contributed by atoms with Gasteiger partial charge in [-0.3, -0.25) is 4.79 Å². The Hall–Kier alpha value is -3.19. The van der Waals surface area contributed by atoms with Crippen LogP contribution in [0, 0.1) is 5.92 Å². The number of aliphatic hydroxyl groups excluding tert-OH is 1. The standard InChI is InChI=1S/C35H52N4O7S/c1-25-22-39(26(2)24-40)34(41)31-21-29(37-35(42)36-28-14-7-5-8-15-28)18-19-32(31)46-27(3)13-11-12-20-45-33(25)23-38(4)47(43,44)30-16-9-6-10-17-30/h6,9-10,16-19,21,25-28,33,40H,5,7-8,11-15,20,22-24H2,1-4H3,(H2,36,37,42)/t25-,26+,27-,33+/m0/s1. The number of carbonyl (C=O) groups is 2. The van der Waals surface area contributed by atoms with Crippen LogP contribution in [0.15, 0.2) is 53.4 Å². The Labute approximate surface area is 280 Å². The second-order valence-electron chi connectivity index (χ2n) is 13.0. The van der Waals surface area contributed by atoms with Crippen LogP contribution in [0.5, 0.6) is 5.75 Å². The Morgan fingerprint density at radius 1 is 1.04 bits per heavy atom. The molecule has 260 valence electrons. The van der Waals surface area contributed by atoms with Crippen molar-refractivity contribution in [2.75, 3.05) is 38.7 Å². The van der Waals surface area contributed by atoms with Gasteiger partial charge in [-0.2, -0.15) is 4.31 Å². The molecule has 3 N–H and O–H groups in total. The number of ether oxygens (including phenoxy) is 2. The van der Waals surface area contributed by atoms with Crippen LogP contribution in [-0.4, -0.2) is 92.3 Å². The molecule has 12 heteroatoms. The molecule has 0 unspecified atom stereocenters. The molecule has 4 atom stereocenters. The fourth-order valence-electron chi connectivity index (χ4n) is 6.19. The topological polar surface area (TPSA) is 138 Å². The van der Waals surface area contributed by atoms with Gasteiger partial charge in [0, 0.05) is 44.4 Å². The molecule has 1 aliphatic carbocycles. The number of nitrogens with one attached hydrogen (secondary N) is 2. The minimum Gasteiger partial charge on any atom is -0.490 e. The van der Waals surface area contributed by atoms with Crippen molar-refractivity contribution in [3.8, 4) is 5.75 Å². The first-order chi connectivity index (χ1) is 22.5. The van der Waals surface area contributed by atoms with Gasteiger partial charge in [-0.1, -0.05) is 44.4 Å². The highest BCUT2D eigenvalue weighted by Gasteiger charge is 2.32. The highest BCUT2D eigenvalue weighted by molar-refractivity contribution is 7.89. The van der Waals surface area contributed by atoms with Gasteiger partial charge in [-0.15, -0.1) is 0 Å². The first-order valence-electron chi connectivity index (χ1n) is 16.9. The first-order valence-corrected chi connectivity index (χ1v) is 18.4. The van der Waals surface area contributed by atoms with E-state index >= 15 is 0 Å². The number of carbonyl (C=O) groups excluding carboxylic acids is 2. The van der Waals surface area contributed by atoms with Crippen molar-refractivity contribution in [2.24, 2.45) is 5.92 Å². The Bertz CT molecular complexity index is 1420. The second-order valence-corrected chi connectivity index (χ2v) is 15.1. The molecule has 1 saturated carbocycles. The molecule has 0 bridgehead atoms. The predicted octanol–water partition coefficient (Wildman–Crippen LogP) is 5.26. The van der Waals surface area contributed by atoms with Crippen molar-refractivity contribution in [1.82, 2.24) is 14.5 Å². The molecule has 0 saturated heterocycles. The summed E-state index contributed by atoms with van der Waals surface area (Å²) in [5, 5.41) is 16.2. The van der Waals surface area contributed by atoms with Gasteiger partial charge in [0.2, 0.25) is 10.0 Å². The van der Waals surface area contributed by atoms with Crippen LogP contribution in [0.25, 0.3) is 0 Å². The number of hydrogen-bond acceptors (Lipinski definition) is 7. The van der Waals surface area contributed by atoms with E-state index in [1.165, 1.54) is 17.8 Å². The van der Waals surface area contributed by atoms with Gasteiger partial charge in [-0.25, -0.2) is 13.2 Å². The van der Waals surface area contributed by atoms with Gasteiger partial charge in [0.25, 0.3) is 5.91 Å². The lowest BCUT2D eigenvalue weighted by molar-refractivity contribution is -0.00833. The van der Waals surface area contributed by atoms with Crippen molar-refractivity contribution in [3.05, 3.63) is 54.1 Å². The molecular formula is C35H52N4O7S. The minimum absolute atomic E-state index is 0.0915. The van der Waals surface area contributed by atoms with E-state index in [-0.39, 0.29) is 60.2 Å². The normalized spacial score (nSPS) is 22.9. The largest absolute Gasteiger partial charge is 0.490 e. The number of urea groups is 1. The van der Waals surface area contributed by atoms with Gasteiger partial charge in [-0.05, 0) is 76.3 Å². The molecule has 11 nitrogen and oxygen atoms in total. The number of hydrogen-bond donors (Lipinski definition) is 3. The van der Waals surface area contributed by atoms with Crippen molar-refractivity contribution in [1.29, 1.82) is 0 Å². The van der Waals surface area contributed by atoms with Crippen LogP contribution >= 0.6 is 0 Å². The summed E-state index contributed by atoms with van der Waals surface area (Å²) in [6, 6.07) is 12.6. The summed E-state index contributed by atoms with van der Waals surface area (Å²) >= 11 is 0. The van der Waals surface area contributed by atoms with E-state index in [1.807, 2.05) is 13.8 Å². The highest BCUT2D eigenvalue weighted by atomic mass is 32.2. The molecular weight excluding hydrogens is 620 g/mol. The zero-order valence-corrected chi connectivity index (χ0v) is 29.0. The summed E-state index contributed by atoms with van der Waals surface area (Å²) in [6.07, 6.45) is 6.85. The van der Waals surface area contributed by atoms with Crippen molar-refractivity contribution < 1.29 is 32.6 Å². The monoisotopic (exact) mass is 672 g/mol. The summed E-state index contributed by atoms with van der Waals surface area (Å²) in [6.45, 7) is 6.08. The van der Waals surface area contributed by atoms with Crippen molar-refractivity contribution in [2.45, 2.75) is 101 Å². The molecule has 0 spiro atoms. The maximum Gasteiger partial charge on any atom is 0.319 e. The SMILES string of the molecule is C[C@H](CO)N1C[C@H](C)[C@@H](CN(C)S(=O)(=O)c2ccccc2)OCCCC[C@H](C)Oc2ccc(NC(=O)NC3CCCCC3)cc2C1=O. The summed E-state index contributed by atoms with van der Waals surface area (Å²) < 4.78 is 40.6. The molecule has 1 aliphatic heterocycles. The van der Waals surface area contributed by atoms with E-state index in [4.69, 9.17) is 9.47 Å². The van der Waals surface area contributed by atoms with Gasteiger partial charge >= 0.3 is 6.03 Å². The fourth-order valence-corrected chi connectivity index (χ4v) is 7.39. The van der Waals surface area contributed by atoms with Gasteiger partial charge in [0.15, 0.2) is 0 Å². The molecule has 0 radical (unpaired) electrons. The maximum atomic E-state index is 14.3. The Morgan fingerprint density at radius 3 is 2.45 bits per heavy atom. The van der Waals surface area contributed by atoms with Crippen LogP contribution in [0.3, 0.4) is 0 Å². The summed E-state index contributed by atoms with van der Waals surface area (Å²) in [4.78, 5) is 29.0. The van der Waals surface area contributed by atoms with E-state index in [1.54, 1.807) is 60.4 Å². The van der Waals surface area contributed by atoms with E-state index < -0.39 is 22.2 Å². The number of aliphatic hydroxyl groups is 1. The highest BCUT2D eigenvalue weighted by Crippen LogP contribution is 2.29. The molecule has 1 fully saturated rings. The van der Waals surface area contributed by atoms with Crippen LogP contribution in [0.2, 0.25) is 0 Å². The molecule has 47 heavy (non-hydrogen) atoms. The molecule has 4 rings (SSSR count). The zero-order valence-electron chi connectivity index (χ0n) is 28.2. The van der Waals surface area contributed by atoms with E-state index in [9.17, 15) is 23.1 Å². The second kappa shape index (κ2) is 17.3. The number of amides is 3. The number of rotatable bonds is 8. The van der Waals surface area contributed by atoms with Crippen LogP contribution < -0.4 is 15.4 Å². The lowest BCUT2D eigenvalue weighted by Crippen LogP contribution is -2.48. The minimum atomic E-state index is -3.76. The van der Waals surface area contributed by atoms with Gasteiger partial charge in [0.1, 0.15) is 5.75 Å². The molecule has 1 heterocycles. The summed E-state index contributed by atoms with van der Waals surface area (Å²) in [5.41, 5.74) is 0.736. The first kappa shape index (κ1) is 36.6. The van der Waals surface area contributed by atoms with Crippen LogP contribution in [0.4, 0.5) is 10.5 Å². The number of sulfonamides is 1. The number of anilines is 1. The predicted molar refractivity (Wildman–Crippen MR) is 182 cm³/mol. The smallest absolute Gasteiger partial charge is 0.319 e. The summed E-state index contributed by atoms with van der Waals surface area (Å²) in [7, 11) is -2.22. The molecule has 0 aromatic heterocycles. The van der Waals surface area contributed by atoms with E-state index in [2.05, 4.69) is 10.6 Å². The third-order valence-electron chi connectivity index (χ3n) is 9.14. The zero-order chi connectivity index (χ0) is 34.0. The van der Waals surface area contributed by atoms with Crippen LogP contribution in [-0.2, 0) is 14.8 Å². The van der Waals surface area contributed by atoms with E-state index in [0.717, 1.165) is 44.9 Å². The Kier molecular flexibility index (Phi) is 13.5. The number of benzene rings is 2. The number of fused-ring (bicyclic) bond motifs is 1. The molecule has 2 aromatic rings.